The summed E-state index contributed by atoms with van der Waals surface area (Å²) in [7, 11) is 0. The SMILES string of the molecule is CC(C)NC(=O)c1cc(N)cc(-c2cnc(NC(C)C)c(=O)n2CC(=O)NCc2ccc(-c3nc(=S)o[nH]3)cc2)c1.CC(F)C(=O)O. The molecule has 1 atom stereocenters. The van der Waals surface area contributed by atoms with E-state index >= 15 is 0 Å². The quantitative estimate of drug-likeness (QED) is 0.0997. The first-order chi connectivity index (χ1) is 22.1. The van der Waals surface area contributed by atoms with Crippen LogP contribution in [0.15, 0.2) is 58.0 Å². The lowest BCUT2D eigenvalue weighted by Gasteiger charge is -2.17. The van der Waals surface area contributed by atoms with Crippen molar-refractivity contribution in [1.82, 2.24) is 30.3 Å². The minimum absolute atomic E-state index is 0.0578. The topological polar surface area (TPSA) is 210 Å². The third-order valence-corrected chi connectivity index (χ3v) is 6.38. The summed E-state index contributed by atoms with van der Waals surface area (Å²) in [5.74, 6) is -1.48. The van der Waals surface area contributed by atoms with Crippen molar-refractivity contribution in [3.8, 4) is 22.6 Å². The molecule has 0 saturated heterocycles. The molecule has 4 aromatic rings. The number of hydrogen-bond acceptors (Lipinski definition) is 10. The van der Waals surface area contributed by atoms with Gasteiger partial charge >= 0.3 is 10.8 Å². The Morgan fingerprint density at radius 2 is 1.72 bits per heavy atom. The van der Waals surface area contributed by atoms with Gasteiger partial charge in [-0.25, -0.2) is 19.3 Å². The van der Waals surface area contributed by atoms with Crippen molar-refractivity contribution in [2.45, 2.75) is 66.0 Å². The fourth-order valence-electron chi connectivity index (χ4n) is 4.06. The summed E-state index contributed by atoms with van der Waals surface area (Å²) in [5.41, 5.74) is 8.75. The van der Waals surface area contributed by atoms with Crippen LogP contribution in [0, 0.1) is 4.84 Å². The molecule has 0 fully saturated rings. The smallest absolute Gasteiger partial charge is 0.337 e. The van der Waals surface area contributed by atoms with Gasteiger partial charge in [-0.15, -0.1) is 0 Å². The summed E-state index contributed by atoms with van der Waals surface area (Å²) in [5, 5.41) is 19.0. The zero-order valence-corrected chi connectivity index (χ0v) is 27.3. The molecule has 0 aliphatic rings. The Morgan fingerprint density at radius 1 is 1.06 bits per heavy atom. The van der Waals surface area contributed by atoms with Gasteiger partial charge in [0.25, 0.3) is 11.5 Å². The normalized spacial score (nSPS) is 11.4. The molecule has 2 heterocycles. The maximum Gasteiger partial charge on any atom is 0.337 e. The van der Waals surface area contributed by atoms with E-state index in [-0.39, 0.29) is 47.6 Å². The number of carboxylic acid groups (broad SMARTS) is 1. The lowest BCUT2D eigenvalue weighted by molar-refractivity contribution is -0.142. The number of nitrogens with zero attached hydrogens (tertiary/aromatic N) is 3. The average molecular weight is 669 g/mol. The number of carboxylic acids is 1. The molecule has 0 aliphatic carbocycles. The molecule has 2 amide bonds. The number of aromatic amines is 1. The zero-order chi connectivity index (χ0) is 34.8. The van der Waals surface area contributed by atoms with Crippen LogP contribution in [-0.4, -0.2) is 60.8 Å². The number of halogens is 1. The fourth-order valence-corrected chi connectivity index (χ4v) is 4.19. The molecule has 2 aromatic heterocycles. The minimum Gasteiger partial charge on any atom is -0.479 e. The Morgan fingerprint density at radius 3 is 2.28 bits per heavy atom. The van der Waals surface area contributed by atoms with Crippen molar-refractivity contribution in [3.63, 3.8) is 0 Å². The number of nitrogen functional groups attached to an aromatic ring is 1. The maximum absolute atomic E-state index is 13.5. The Bertz CT molecular complexity index is 1830. The number of aliphatic carboxylic acids is 1. The van der Waals surface area contributed by atoms with Gasteiger partial charge in [-0.2, -0.15) is 4.98 Å². The third-order valence-electron chi connectivity index (χ3n) is 6.21. The van der Waals surface area contributed by atoms with Crippen LogP contribution in [0.25, 0.3) is 22.6 Å². The summed E-state index contributed by atoms with van der Waals surface area (Å²) in [6.45, 7) is 8.40. The molecular weight excluding hydrogens is 631 g/mol. The van der Waals surface area contributed by atoms with E-state index < -0.39 is 17.7 Å². The average Bonchev–Trinajstić information content (AvgIpc) is 3.44. The Hall–Kier alpha value is -5.38. The van der Waals surface area contributed by atoms with Crippen LogP contribution in [0.5, 0.6) is 0 Å². The van der Waals surface area contributed by atoms with E-state index in [2.05, 4.69) is 31.1 Å². The highest BCUT2D eigenvalue weighted by molar-refractivity contribution is 7.71. The summed E-state index contributed by atoms with van der Waals surface area (Å²) < 4.78 is 17.5. The summed E-state index contributed by atoms with van der Waals surface area (Å²) in [6.07, 6.45) is -0.239. The monoisotopic (exact) mass is 668 g/mol. The van der Waals surface area contributed by atoms with E-state index in [1.54, 1.807) is 18.2 Å². The number of amides is 2. The molecule has 16 heteroatoms. The summed E-state index contributed by atoms with van der Waals surface area (Å²) in [4.78, 5) is 57.0. The van der Waals surface area contributed by atoms with Gasteiger partial charge in [0.05, 0.1) is 11.9 Å². The van der Waals surface area contributed by atoms with E-state index in [1.165, 1.54) is 10.8 Å². The van der Waals surface area contributed by atoms with Gasteiger partial charge in [-0.05, 0) is 70.6 Å². The molecule has 0 spiro atoms. The highest BCUT2D eigenvalue weighted by atomic mass is 32.1. The van der Waals surface area contributed by atoms with Crippen molar-refractivity contribution >= 4 is 41.5 Å². The van der Waals surface area contributed by atoms with E-state index in [1.807, 2.05) is 52.0 Å². The van der Waals surface area contributed by atoms with E-state index in [9.17, 15) is 23.6 Å². The first kappa shape index (κ1) is 36.1. The molecule has 0 aliphatic heterocycles. The minimum atomic E-state index is -1.73. The van der Waals surface area contributed by atoms with Crippen LogP contribution in [0.1, 0.15) is 50.5 Å². The molecule has 0 bridgehead atoms. The summed E-state index contributed by atoms with van der Waals surface area (Å²) >= 11 is 4.89. The van der Waals surface area contributed by atoms with Gasteiger partial charge in [-0.1, -0.05) is 24.3 Å². The molecule has 250 valence electrons. The van der Waals surface area contributed by atoms with Crippen LogP contribution in [0.4, 0.5) is 15.9 Å². The highest BCUT2D eigenvalue weighted by Gasteiger charge is 2.18. The van der Waals surface area contributed by atoms with Crippen molar-refractivity contribution in [1.29, 1.82) is 0 Å². The lowest BCUT2D eigenvalue weighted by atomic mass is 10.1. The standard InChI is InChI=1S/C28H32N8O4S.C3H5FO2/c1-15(2)32-25-27(39)36(22(13-31-25)19-9-20(11-21(29)10-19)26(38)33-16(3)4)14-23(37)30-12-17-5-7-18(8-6-17)24-34-28(41)40-35-24;1-2(4)3(5)6/h5-11,13,15-16H,12,14,29H2,1-4H3,(H,30,37)(H,31,32)(H,33,38)(H,34,35,41);2H,1H3,(H,5,6). The first-order valence-corrected chi connectivity index (χ1v) is 14.9. The number of H-pyrrole nitrogens is 1. The van der Waals surface area contributed by atoms with Gasteiger partial charge in [0.1, 0.15) is 6.54 Å². The predicted octanol–water partition coefficient (Wildman–Crippen LogP) is 3.91. The molecule has 4 rings (SSSR count). The molecule has 14 nitrogen and oxygen atoms in total. The number of nitrogens with one attached hydrogen (secondary N) is 4. The van der Waals surface area contributed by atoms with Crippen LogP contribution in [0.2, 0.25) is 0 Å². The second-order valence-electron chi connectivity index (χ2n) is 11.0. The molecule has 1 unspecified atom stereocenters. The van der Waals surface area contributed by atoms with E-state index in [0.29, 0.717) is 28.3 Å². The highest BCUT2D eigenvalue weighted by Crippen LogP contribution is 2.24. The van der Waals surface area contributed by atoms with E-state index in [0.717, 1.165) is 18.1 Å². The van der Waals surface area contributed by atoms with Crippen LogP contribution in [0.3, 0.4) is 0 Å². The van der Waals surface area contributed by atoms with Crippen molar-refractivity contribution in [2.24, 2.45) is 0 Å². The van der Waals surface area contributed by atoms with E-state index in [4.69, 9.17) is 27.6 Å². The number of nitrogens with two attached hydrogens (primary N) is 1. The summed E-state index contributed by atoms with van der Waals surface area (Å²) in [6, 6.07) is 12.0. The van der Waals surface area contributed by atoms with Gasteiger partial charge in [0.15, 0.2) is 17.8 Å². The van der Waals surface area contributed by atoms with Crippen molar-refractivity contribution < 1.29 is 28.4 Å². The Kier molecular flexibility index (Phi) is 12.5. The molecule has 7 N–H and O–H groups in total. The second-order valence-corrected chi connectivity index (χ2v) is 11.4. The van der Waals surface area contributed by atoms with Crippen LogP contribution < -0.4 is 27.2 Å². The number of carbonyl (C=O) groups is 3. The Labute approximate surface area is 274 Å². The number of anilines is 2. The number of benzene rings is 2. The second kappa shape index (κ2) is 16.3. The zero-order valence-electron chi connectivity index (χ0n) is 26.5. The molecule has 2 aromatic carbocycles. The fraction of sp³-hybridized carbons (Fsp3) is 0.323. The number of aromatic nitrogens is 4. The number of rotatable bonds is 11. The van der Waals surface area contributed by atoms with Gasteiger partial charge in [0, 0.05) is 41.0 Å². The van der Waals surface area contributed by atoms with Gasteiger partial charge in [0.2, 0.25) is 5.91 Å². The molecule has 0 saturated carbocycles. The number of alkyl halides is 1. The first-order valence-electron chi connectivity index (χ1n) is 14.5. The molecule has 47 heavy (non-hydrogen) atoms. The largest absolute Gasteiger partial charge is 0.479 e. The molecule has 0 radical (unpaired) electrons. The molecular formula is C31H37FN8O6S. The predicted molar refractivity (Wildman–Crippen MR) is 177 cm³/mol. The van der Waals surface area contributed by atoms with Crippen LogP contribution >= 0.6 is 12.2 Å². The van der Waals surface area contributed by atoms with Gasteiger partial charge in [-0.3, -0.25) is 19.0 Å². The van der Waals surface area contributed by atoms with Crippen LogP contribution in [-0.2, 0) is 22.7 Å². The lowest BCUT2D eigenvalue weighted by Crippen LogP contribution is -2.35. The van der Waals surface area contributed by atoms with Gasteiger partial charge < -0.3 is 31.3 Å². The Balaban J connectivity index is 0.000000913. The number of hydrogen-bond donors (Lipinski definition) is 6. The maximum atomic E-state index is 13.5. The number of carbonyl (C=O) groups excluding carboxylic acids is 2. The van der Waals surface area contributed by atoms with Crippen molar-refractivity contribution in [3.05, 3.63) is 75.0 Å². The third kappa shape index (κ3) is 10.6. The van der Waals surface area contributed by atoms with Crippen molar-refractivity contribution in [2.75, 3.05) is 11.1 Å².